The molecule has 2 amide bonds. The summed E-state index contributed by atoms with van der Waals surface area (Å²) in [7, 11) is 1.56. The van der Waals surface area contributed by atoms with Crippen molar-refractivity contribution in [2.75, 3.05) is 20.2 Å². The number of nitrogens with zero attached hydrogens (tertiary/aromatic N) is 1. The summed E-state index contributed by atoms with van der Waals surface area (Å²) in [5.74, 6) is 0.505. The zero-order valence-electron chi connectivity index (χ0n) is 11.5. The van der Waals surface area contributed by atoms with Crippen LogP contribution in [0.15, 0.2) is 22.7 Å². The number of hydrogen-bond acceptors (Lipinski definition) is 3. The van der Waals surface area contributed by atoms with Crippen molar-refractivity contribution in [3.63, 3.8) is 0 Å². The zero-order chi connectivity index (χ0) is 14.7. The Morgan fingerprint density at radius 2 is 2.30 bits per heavy atom. The SMILES string of the molecule is CCN1C[C@H](NC(=O)c2cc(OC)ccc2Br)CC1=O. The molecular weight excluding hydrogens is 324 g/mol. The van der Waals surface area contributed by atoms with Gasteiger partial charge in [0.05, 0.1) is 18.7 Å². The summed E-state index contributed by atoms with van der Waals surface area (Å²) in [5, 5.41) is 2.90. The first-order valence-electron chi connectivity index (χ1n) is 6.47. The molecule has 0 radical (unpaired) electrons. The smallest absolute Gasteiger partial charge is 0.252 e. The molecule has 1 saturated heterocycles. The zero-order valence-corrected chi connectivity index (χ0v) is 13.1. The number of methoxy groups -OCH3 is 1. The first-order chi connectivity index (χ1) is 9.55. The van der Waals surface area contributed by atoms with Gasteiger partial charge in [-0.15, -0.1) is 0 Å². The fraction of sp³-hybridized carbons (Fsp3) is 0.429. The lowest BCUT2D eigenvalue weighted by molar-refractivity contribution is -0.127. The summed E-state index contributed by atoms with van der Waals surface area (Å²) in [6.45, 7) is 3.18. The van der Waals surface area contributed by atoms with Crippen molar-refractivity contribution in [3.8, 4) is 5.75 Å². The lowest BCUT2D eigenvalue weighted by Gasteiger charge is -2.15. The van der Waals surface area contributed by atoms with Gasteiger partial charge in [-0.05, 0) is 41.1 Å². The molecule has 20 heavy (non-hydrogen) atoms. The van der Waals surface area contributed by atoms with Crippen LogP contribution in [0.5, 0.6) is 5.75 Å². The van der Waals surface area contributed by atoms with Crippen LogP contribution in [-0.4, -0.2) is 43.0 Å². The number of carbonyl (C=O) groups is 2. The van der Waals surface area contributed by atoms with Gasteiger partial charge < -0.3 is 15.0 Å². The number of likely N-dealkylation sites (N-methyl/N-ethyl adjacent to an activating group) is 1. The summed E-state index contributed by atoms with van der Waals surface area (Å²) in [6, 6.07) is 5.09. The molecule has 1 aliphatic heterocycles. The molecule has 1 aliphatic rings. The molecule has 1 atom stereocenters. The van der Waals surface area contributed by atoms with Gasteiger partial charge in [0, 0.05) is 24.0 Å². The van der Waals surface area contributed by atoms with Crippen LogP contribution in [0.2, 0.25) is 0 Å². The average molecular weight is 341 g/mol. The number of ether oxygens (including phenoxy) is 1. The summed E-state index contributed by atoms with van der Waals surface area (Å²) < 4.78 is 5.82. The molecule has 0 saturated carbocycles. The Hall–Kier alpha value is -1.56. The number of hydrogen-bond donors (Lipinski definition) is 1. The Morgan fingerprint density at radius 3 is 2.90 bits per heavy atom. The van der Waals surface area contributed by atoms with E-state index >= 15 is 0 Å². The van der Waals surface area contributed by atoms with Gasteiger partial charge in [0.1, 0.15) is 5.75 Å². The molecule has 5 nitrogen and oxygen atoms in total. The molecule has 0 bridgehead atoms. The van der Waals surface area contributed by atoms with E-state index < -0.39 is 0 Å². The topological polar surface area (TPSA) is 58.6 Å². The van der Waals surface area contributed by atoms with E-state index in [-0.39, 0.29) is 17.9 Å². The maximum absolute atomic E-state index is 12.3. The minimum absolute atomic E-state index is 0.0857. The van der Waals surface area contributed by atoms with Crippen molar-refractivity contribution in [1.82, 2.24) is 10.2 Å². The first kappa shape index (κ1) is 14.8. The van der Waals surface area contributed by atoms with Gasteiger partial charge in [0.25, 0.3) is 5.91 Å². The standard InChI is InChI=1S/C14H17BrN2O3/c1-3-17-8-9(6-13(17)18)16-14(19)11-7-10(20-2)4-5-12(11)15/h4-5,7,9H,3,6,8H2,1-2H3,(H,16,19)/t9-/m1/s1. The molecule has 6 heteroatoms. The molecule has 0 spiro atoms. The fourth-order valence-electron chi connectivity index (χ4n) is 2.24. The highest BCUT2D eigenvalue weighted by molar-refractivity contribution is 9.10. The third kappa shape index (κ3) is 3.12. The minimum Gasteiger partial charge on any atom is -0.497 e. The lowest BCUT2D eigenvalue weighted by atomic mass is 10.1. The first-order valence-corrected chi connectivity index (χ1v) is 7.26. The highest BCUT2D eigenvalue weighted by Gasteiger charge is 2.29. The molecule has 1 heterocycles. The minimum atomic E-state index is -0.202. The van der Waals surface area contributed by atoms with E-state index in [0.717, 1.165) is 0 Å². The van der Waals surface area contributed by atoms with Crippen LogP contribution in [0.25, 0.3) is 0 Å². The van der Waals surface area contributed by atoms with Gasteiger partial charge in [-0.3, -0.25) is 9.59 Å². The third-order valence-corrected chi connectivity index (χ3v) is 4.04. The van der Waals surface area contributed by atoms with Gasteiger partial charge in [-0.25, -0.2) is 0 Å². The van der Waals surface area contributed by atoms with Crippen LogP contribution in [0.3, 0.4) is 0 Å². The Kier molecular flexibility index (Phi) is 4.65. The number of carbonyl (C=O) groups excluding carboxylic acids is 2. The molecule has 2 rings (SSSR count). The van der Waals surface area contributed by atoms with Gasteiger partial charge in [-0.2, -0.15) is 0 Å². The molecule has 108 valence electrons. The predicted molar refractivity (Wildman–Crippen MR) is 78.8 cm³/mol. The fourth-order valence-corrected chi connectivity index (χ4v) is 2.67. The highest BCUT2D eigenvalue weighted by atomic mass is 79.9. The van der Waals surface area contributed by atoms with Crippen molar-refractivity contribution in [2.24, 2.45) is 0 Å². The van der Waals surface area contributed by atoms with Gasteiger partial charge >= 0.3 is 0 Å². The summed E-state index contributed by atoms with van der Waals surface area (Å²) >= 11 is 3.35. The van der Waals surface area contributed by atoms with Crippen LogP contribution in [0.4, 0.5) is 0 Å². The van der Waals surface area contributed by atoms with Crippen LogP contribution in [-0.2, 0) is 4.79 Å². The van der Waals surface area contributed by atoms with Gasteiger partial charge in [-0.1, -0.05) is 0 Å². The summed E-state index contributed by atoms with van der Waals surface area (Å²) in [6.07, 6.45) is 0.362. The van der Waals surface area contributed by atoms with E-state index in [0.29, 0.717) is 35.3 Å². The molecular formula is C14H17BrN2O3. The maximum atomic E-state index is 12.3. The van der Waals surface area contributed by atoms with Crippen LogP contribution in [0, 0.1) is 0 Å². The van der Waals surface area contributed by atoms with Crippen molar-refractivity contribution in [2.45, 2.75) is 19.4 Å². The number of nitrogens with one attached hydrogen (secondary N) is 1. The van der Waals surface area contributed by atoms with E-state index in [4.69, 9.17) is 4.74 Å². The largest absolute Gasteiger partial charge is 0.497 e. The van der Waals surface area contributed by atoms with E-state index in [1.54, 1.807) is 30.2 Å². The summed E-state index contributed by atoms with van der Waals surface area (Å²) in [5.41, 5.74) is 0.506. The summed E-state index contributed by atoms with van der Waals surface area (Å²) in [4.78, 5) is 25.7. The van der Waals surface area contributed by atoms with E-state index in [2.05, 4.69) is 21.2 Å². The third-order valence-electron chi connectivity index (χ3n) is 3.35. The Labute approximate surface area is 126 Å². The predicted octanol–water partition coefficient (Wildman–Crippen LogP) is 1.81. The van der Waals surface area contributed by atoms with Crippen molar-refractivity contribution < 1.29 is 14.3 Å². The molecule has 0 aromatic heterocycles. The molecule has 1 N–H and O–H groups in total. The van der Waals surface area contributed by atoms with Gasteiger partial charge in [0.15, 0.2) is 0 Å². The Balaban J connectivity index is 2.07. The number of rotatable bonds is 4. The van der Waals surface area contributed by atoms with E-state index in [1.165, 1.54) is 0 Å². The second kappa shape index (κ2) is 6.26. The Morgan fingerprint density at radius 1 is 1.55 bits per heavy atom. The average Bonchev–Trinajstić information content (AvgIpc) is 2.79. The maximum Gasteiger partial charge on any atom is 0.252 e. The quantitative estimate of drug-likeness (QED) is 0.909. The normalized spacial score (nSPS) is 18.2. The highest BCUT2D eigenvalue weighted by Crippen LogP contribution is 2.23. The van der Waals surface area contributed by atoms with Crippen LogP contribution >= 0.6 is 15.9 Å². The lowest BCUT2D eigenvalue weighted by Crippen LogP contribution is -2.37. The van der Waals surface area contributed by atoms with Gasteiger partial charge in [0.2, 0.25) is 5.91 Å². The molecule has 1 aromatic rings. The number of halogens is 1. The molecule has 1 aromatic carbocycles. The monoisotopic (exact) mass is 340 g/mol. The molecule has 1 fully saturated rings. The Bertz CT molecular complexity index is 533. The van der Waals surface area contributed by atoms with Crippen LogP contribution < -0.4 is 10.1 Å². The molecule has 0 unspecified atom stereocenters. The van der Waals surface area contributed by atoms with Crippen molar-refractivity contribution in [1.29, 1.82) is 0 Å². The van der Waals surface area contributed by atoms with E-state index in [1.807, 2.05) is 6.92 Å². The molecule has 0 aliphatic carbocycles. The number of likely N-dealkylation sites (tertiary alicyclic amines) is 1. The second-order valence-electron chi connectivity index (χ2n) is 4.65. The van der Waals surface area contributed by atoms with Crippen molar-refractivity contribution in [3.05, 3.63) is 28.2 Å². The van der Waals surface area contributed by atoms with Crippen molar-refractivity contribution >= 4 is 27.7 Å². The number of benzene rings is 1. The second-order valence-corrected chi connectivity index (χ2v) is 5.51. The van der Waals surface area contributed by atoms with E-state index in [9.17, 15) is 9.59 Å². The van der Waals surface area contributed by atoms with Crippen LogP contribution in [0.1, 0.15) is 23.7 Å². The number of amides is 2.